The Kier molecular flexibility index (Phi) is 4.67. The van der Waals surface area contributed by atoms with Gasteiger partial charge in [0, 0.05) is 32.0 Å². The molecule has 2 rings (SSSR count). The monoisotopic (exact) mass is 268 g/mol. The molecule has 2 heteroatoms. The zero-order valence-electron chi connectivity index (χ0n) is 12.9. The smallest absolute Gasteiger partial charge is 0.0411 e. The molecule has 0 spiro atoms. The minimum absolute atomic E-state index is 0.500. The van der Waals surface area contributed by atoms with Crippen molar-refractivity contribution in [2.45, 2.75) is 19.8 Å². The van der Waals surface area contributed by atoms with Crippen LogP contribution in [0.2, 0.25) is 0 Å². The van der Waals surface area contributed by atoms with Crippen LogP contribution in [0.1, 0.15) is 24.0 Å². The quantitative estimate of drug-likeness (QED) is 0.871. The molecule has 1 atom stereocenters. The van der Waals surface area contributed by atoms with Crippen LogP contribution in [0.3, 0.4) is 0 Å². The van der Waals surface area contributed by atoms with Crippen LogP contribution in [0.4, 0.5) is 11.4 Å². The fourth-order valence-electron chi connectivity index (χ4n) is 2.37. The summed E-state index contributed by atoms with van der Waals surface area (Å²) in [5.41, 5.74) is 5.13. The van der Waals surface area contributed by atoms with Gasteiger partial charge in [-0.2, -0.15) is 0 Å². The Labute approximate surface area is 122 Å². The maximum atomic E-state index is 3.54. The molecule has 0 saturated heterocycles. The molecule has 0 radical (unpaired) electrons. The van der Waals surface area contributed by atoms with Gasteiger partial charge in [-0.15, -0.1) is 0 Å². The topological polar surface area (TPSA) is 15.3 Å². The average molecular weight is 268 g/mol. The lowest BCUT2D eigenvalue weighted by Crippen LogP contribution is -2.13. The highest BCUT2D eigenvalue weighted by atomic mass is 15.1. The van der Waals surface area contributed by atoms with Gasteiger partial charge in [0.1, 0.15) is 0 Å². The molecule has 1 N–H and O–H groups in total. The fourth-order valence-corrected chi connectivity index (χ4v) is 2.37. The van der Waals surface area contributed by atoms with Crippen molar-refractivity contribution in [2.75, 3.05) is 30.9 Å². The van der Waals surface area contributed by atoms with E-state index in [4.69, 9.17) is 0 Å². The second kappa shape index (κ2) is 6.47. The van der Waals surface area contributed by atoms with E-state index in [2.05, 4.69) is 86.7 Å². The number of nitrogens with zero attached hydrogens (tertiary/aromatic N) is 1. The summed E-state index contributed by atoms with van der Waals surface area (Å²) in [7, 11) is 4.16. The Bertz CT molecular complexity index is 547. The van der Waals surface area contributed by atoms with Crippen LogP contribution in [0.5, 0.6) is 0 Å². The summed E-state index contributed by atoms with van der Waals surface area (Å²) in [4.78, 5) is 2.15. The van der Waals surface area contributed by atoms with E-state index in [0.717, 1.165) is 6.54 Å². The molecule has 2 nitrogen and oxygen atoms in total. The number of rotatable bonds is 5. The highest BCUT2D eigenvalue weighted by Crippen LogP contribution is 2.23. The molecule has 0 aliphatic rings. The van der Waals surface area contributed by atoms with Crippen molar-refractivity contribution in [1.29, 1.82) is 0 Å². The van der Waals surface area contributed by atoms with Gasteiger partial charge in [-0.05, 0) is 36.1 Å². The zero-order valence-corrected chi connectivity index (χ0v) is 12.9. The van der Waals surface area contributed by atoms with E-state index in [1.54, 1.807) is 0 Å². The summed E-state index contributed by atoms with van der Waals surface area (Å²) in [6, 6.07) is 17.2. The minimum Gasteiger partial charge on any atom is -0.384 e. The van der Waals surface area contributed by atoms with E-state index >= 15 is 0 Å². The van der Waals surface area contributed by atoms with Gasteiger partial charge in [-0.1, -0.05) is 43.3 Å². The molecular weight excluding hydrogens is 244 g/mol. The highest BCUT2D eigenvalue weighted by molar-refractivity contribution is 5.61. The van der Waals surface area contributed by atoms with Crippen LogP contribution < -0.4 is 10.2 Å². The first-order chi connectivity index (χ1) is 9.58. The molecule has 2 aromatic rings. The maximum Gasteiger partial charge on any atom is 0.0411 e. The predicted molar refractivity (Wildman–Crippen MR) is 88.9 cm³/mol. The van der Waals surface area contributed by atoms with Crippen molar-refractivity contribution < 1.29 is 0 Å². The van der Waals surface area contributed by atoms with Gasteiger partial charge in [-0.25, -0.2) is 0 Å². The number of hydrogen-bond donors (Lipinski definition) is 1. The first-order valence-corrected chi connectivity index (χ1v) is 7.14. The molecule has 0 fully saturated rings. The third-order valence-electron chi connectivity index (χ3n) is 3.67. The van der Waals surface area contributed by atoms with Crippen LogP contribution in [-0.2, 0) is 0 Å². The molecule has 0 saturated carbocycles. The Morgan fingerprint density at radius 2 is 1.75 bits per heavy atom. The maximum absolute atomic E-state index is 3.54. The normalized spacial score (nSPS) is 12.0. The molecule has 0 bridgehead atoms. The number of anilines is 2. The standard InChI is InChI=1S/C18H24N2/c1-14-10-11-17(12-18(14)20(3)4)19-13-15(2)16-8-6-5-7-9-16/h5-12,15,19H,13H2,1-4H3. The van der Waals surface area contributed by atoms with E-state index in [-0.39, 0.29) is 0 Å². The molecule has 1 unspecified atom stereocenters. The second-order valence-corrected chi connectivity index (χ2v) is 5.59. The molecule has 106 valence electrons. The molecule has 2 aromatic carbocycles. The fraction of sp³-hybridized carbons (Fsp3) is 0.333. The van der Waals surface area contributed by atoms with Crippen molar-refractivity contribution in [3.05, 3.63) is 59.7 Å². The van der Waals surface area contributed by atoms with Gasteiger partial charge >= 0.3 is 0 Å². The van der Waals surface area contributed by atoms with E-state index < -0.39 is 0 Å². The van der Waals surface area contributed by atoms with Gasteiger partial charge in [0.2, 0.25) is 0 Å². The third kappa shape index (κ3) is 3.53. The van der Waals surface area contributed by atoms with Crippen molar-refractivity contribution in [3.63, 3.8) is 0 Å². The molecule has 0 aliphatic heterocycles. The van der Waals surface area contributed by atoms with E-state index in [0.29, 0.717) is 5.92 Å². The first kappa shape index (κ1) is 14.4. The molecule has 20 heavy (non-hydrogen) atoms. The first-order valence-electron chi connectivity index (χ1n) is 7.14. The van der Waals surface area contributed by atoms with E-state index in [9.17, 15) is 0 Å². The largest absolute Gasteiger partial charge is 0.384 e. The molecular formula is C18H24N2. The van der Waals surface area contributed by atoms with Crippen LogP contribution in [0, 0.1) is 6.92 Å². The highest BCUT2D eigenvalue weighted by Gasteiger charge is 2.06. The Hall–Kier alpha value is -1.96. The summed E-state index contributed by atoms with van der Waals surface area (Å²) in [6.07, 6.45) is 0. The SMILES string of the molecule is Cc1ccc(NCC(C)c2ccccc2)cc1N(C)C. The number of aryl methyl sites for hydroxylation is 1. The third-order valence-corrected chi connectivity index (χ3v) is 3.67. The van der Waals surface area contributed by atoms with Crippen LogP contribution in [0.15, 0.2) is 48.5 Å². The van der Waals surface area contributed by atoms with E-state index in [1.165, 1.54) is 22.5 Å². The predicted octanol–water partition coefficient (Wildman–Crippen LogP) is 4.28. The van der Waals surface area contributed by atoms with Crippen LogP contribution in [0.25, 0.3) is 0 Å². The van der Waals surface area contributed by atoms with Crippen LogP contribution >= 0.6 is 0 Å². The Morgan fingerprint density at radius 1 is 1.05 bits per heavy atom. The summed E-state index contributed by atoms with van der Waals surface area (Å²) in [6.45, 7) is 5.34. The lowest BCUT2D eigenvalue weighted by atomic mass is 10.0. The van der Waals surface area contributed by atoms with Gasteiger partial charge in [0.15, 0.2) is 0 Å². The van der Waals surface area contributed by atoms with Crippen molar-refractivity contribution in [1.82, 2.24) is 0 Å². The summed E-state index contributed by atoms with van der Waals surface area (Å²) in [5.74, 6) is 0.500. The van der Waals surface area contributed by atoms with Crippen LogP contribution in [-0.4, -0.2) is 20.6 Å². The number of benzene rings is 2. The number of nitrogens with one attached hydrogen (secondary N) is 1. The Balaban J connectivity index is 2.02. The van der Waals surface area contributed by atoms with Crippen molar-refractivity contribution in [3.8, 4) is 0 Å². The molecule has 0 amide bonds. The summed E-state index contributed by atoms with van der Waals surface area (Å²) in [5, 5.41) is 3.54. The zero-order chi connectivity index (χ0) is 14.5. The van der Waals surface area contributed by atoms with Crippen molar-refractivity contribution >= 4 is 11.4 Å². The lowest BCUT2D eigenvalue weighted by Gasteiger charge is -2.19. The van der Waals surface area contributed by atoms with E-state index in [1.807, 2.05) is 0 Å². The minimum atomic E-state index is 0.500. The van der Waals surface area contributed by atoms with Gasteiger partial charge in [0.25, 0.3) is 0 Å². The van der Waals surface area contributed by atoms with Gasteiger partial charge in [-0.3, -0.25) is 0 Å². The van der Waals surface area contributed by atoms with Crippen molar-refractivity contribution in [2.24, 2.45) is 0 Å². The van der Waals surface area contributed by atoms with Gasteiger partial charge in [0.05, 0.1) is 0 Å². The number of hydrogen-bond acceptors (Lipinski definition) is 2. The average Bonchev–Trinajstić information content (AvgIpc) is 2.46. The molecule has 0 heterocycles. The summed E-state index contributed by atoms with van der Waals surface area (Å²) >= 11 is 0. The van der Waals surface area contributed by atoms with Gasteiger partial charge < -0.3 is 10.2 Å². The molecule has 0 aromatic heterocycles. The summed E-state index contributed by atoms with van der Waals surface area (Å²) < 4.78 is 0. The lowest BCUT2D eigenvalue weighted by molar-refractivity contribution is 0.805. The molecule has 0 aliphatic carbocycles. The Morgan fingerprint density at radius 3 is 2.40 bits per heavy atom. The second-order valence-electron chi connectivity index (χ2n) is 5.59.